The predicted octanol–water partition coefficient (Wildman–Crippen LogP) is 3.14. The fourth-order valence-corrected chi connectivity index (χ4v) is 3.79. The van der Waals surface area contributed by atoms with Gasteiger partial charge in [0.1, 0.15) is 6.04 Å². The maximum absolute atomic E-state index is 12.7. The quantitative estimate of drug-likeness (QED) is 0.857. The van der Waals surface area contributed by atoms with E-state index < -0.39 is 6.04 Å². The van der Waals surface area contributed by atoms with E-state index in [0.717, 1.165) is 11.4 Å². The lowest BCUT2D eigenvalue weighted by atomic mass is 10.2. The van der Waals surface area contributed by atoms with E-state index >= 15 is 0 Å². The summed E-state index contributed by atoms with van der Waals surface area (Å²) in [5, 5.41) is 2.37. The number of anilines is 1. The van der Waals surface area contributed by atoms with Gasteiger partial charge in [-0.1, -0.05) is 32.0 Å². The first-order chi connectivity index (χ1) is 11.5. The molecule has 1 fully saturated rings. The van der Waals surface area contributed by atoms with E-state index in [9.17, 15) is 9.59 Å². The van der Waals surface area contributed by atoms with Gasteiger partial charge >= 0.3 is 0 Å². The van der Waals surface area contributed by atoms with E-state index in [4.69, 9.17) is 0 Å². The van der Waals surface area contributed by atoms with Crippen molar-refractivity contribution in [2.24, 2.45) is 0 Å². The molecule has 1 atom stereocenters. The fraction of sp³-hybridized carbons (Fsp3) is 0.389. The first-order valence-corrected chi connectivity index (χ1v) is 8.96. The molecule has 2 amide bonds. The van der Waals surface area contributed by atoms with Crippen LogP contribution in [0.1, 0.15) is 41.7 Å². The molecule has 1 aromatic carbocycles. The highest BCUT2D eigenvalue weighted by atomic mass is 32.1. The number of aromatic nitrogens is 1. The molecule has 0 spiro atoms. The van der Waals surface area contributed by atoms with E-state index in [-0.39, 0.29) is 17.7 Å². The largest absolute Gasteiger partial charge is 0.328 e. The van der Waals surface area contributed by atoms with Crippen LogP contribution < -0.4 is 4.90 Å². The molecule has 1 saturated heterocycles. The van der Waals surface area contributed by atoms with Gasteiger partial charge in [-0.05, 0) is 24.5 Å². The number of rotatable bonds is 4. The second kappa shape index (κ2) is 6.73. The number of hydrogen-bond donors (Lipinski definition) is 0. The summed E-state index contributed by atoms with van der Waals surface area (Å²) in [7, 11) is 1.69. The Hall–Kier alpha value is -2.21. The number of hydrogen-bond acceptors (Lipinski definition) is 4. The van der Waals surface area contributed by atoms with Crippen molar-refractivity contribution in [2.75, 3.05) is 18.5 Å². The van der Waals surface area contributed by atoms with Crippen LogP contribution in [-0.4, -0.2) is 41.3 Å². The Balaban J connectivity index is 1.74. The second-order valence-corrected chi connectivity index (χ2v) is 7.14. The van der Waals surface area contributed by atoms with Crippen molar-refractivity contribution >= 4 is 28.8 Å². The summed E-state index contributed by atoms with van der Waals surface area (Å²) in [6, 6.07) is 9.15. The van der Waals surface area contributed by atoms with Crippen LogP contribution in [0.4, 0.5) is 5.69 Å². The van der Waals surface area contributed by atoms with Gasteiger partial charge in [-0.25, -0.2) is 4.98 Å². The van der Waals surface area contributed by atoms with Crippen molar-refractivity contribution in [3.8, 4) is 0 Å². The summed E-state index contributed by atoms with van der Waals surface area (Å²) >= 11 is 1.34. The molecular formula is C18H21N3O2S. The molecule has 1 aliphatic rings. The smallest absolute Gasteiger partial charge is 0.283 e. The van der Waals surface area contributed by atoms with Crippen LogP contribution in [-0.2, 0) is 4.79 Å². The summed E-state index contributed by atoms with van der Waals surface area (Å²) in [5.41, 5.74) is 1.79. The molecule has 24 heavy (non-hydrogen) atoms. The monoisotopic (exact) mass is 343 g/mol. The van der Waals surface area contributed by atoms with Gasteiger partial charge in [-0.2, -0.15) is 0 Å². The molecule has 0 N–H and O–H groups in total. The lowest BCUT2D eigenvalue weighted by Gasteiger charge is -2.23. The molecular weight excluding hydrogens is 322 g/mol. The van der Waals surface area contributed by atoms with Crippen LogP contribution in [0.5, 0.6) is 0 Å². The van der Waals surface area contributed by atoms with Gasteiger partial charge in [0, 0.05) is 24.7 Å². The maximum Gasteiger partial charge on any atom is 0.283 e. The number of thiazole rings is 1. The Kier molecular flexibility index (Phi) is 4.66. The molecule has 1 aromatic heterocycles. The number of carbonyl (C=O) groups excluding carboxylic acids is 2. The number of likely N-dealkylation sites (N-methyl/N-ethyl adjacent to an activating group) is 1. The topological polar surface area (TPSA) is 53.5 Å². The van der Waals surface area contributed by atoms with E-state index in [1.54, 1.807) is 11.9 Å². The summed E-state index contributed by atoms with van der Waals surface area (Å²) in [6.45, 7) is 4.72. The highest BCUT2D eigenvalue weighted by molar-refractivity contribution is 7.11. The van der Waals surface area contributed by atoms with Gasteiger partial charge in [0.15, 0.2) is 5.01 Å². The third-order valence-corrected chi connectivity index (χ3v) is 5.18. The lowest BCUT2D eigenvalue weighted by molar-refractivity contribution is -0.120. The van der Waals surface area contributed by atoms with Gasteiger partial charge in [0.2, 0.25) is 5.91 Å². The SMILES string of the molecule is CC(C)c1csc(C(=O)N(C)C2CCN(c3ccccc3)C2=O)n1. The Morgan fingerprint density at radius 1 is 1.33 bits per heavy atom. The zero-order chi connectivity index (χ0) is 17.3. The van der Waals surface area contributed by atoms with Gasteiger partial charge in [-0.15, -0.1) is 11.3 Å². The summed E-state index contributed by atoms with van der Waals surface area (Å²) in [5.74, 6) is 0.0765. The lowest BCUT2D eigenvalue weighted by Crippen LogP contribution is -2.43. The van der Waals surface area contributed by atoms with E-state index in [0.29, 0.717) is 18.0 Å². The molecule has 1 unspecified atom stereocenters. The average molecular weight is 343 g/mol. The molecule has 126 valence electrons. The third-order valence-electron chi connectivity index (χ3n) is 4.33. The summed E-state index contributed by atoms with van der Waals surface area (Å²) in [4.78, 5) is 33.1. The first kappa shape index (κ1) is 16.6. The van der Waals surface area contributed by atoms with Crippen LogP contribution in [0.2, 0.25) is 0 Å². The van der Waals surface area contributed by atoms with Gasteiger partial charge in [0.05, 0.1) is 5.69 Å². The van der Waals surface area contributed by atoms with Crippen molar-refractivity contribution in [2.45, 2.75) is 32.2 Å². The molecule has 1 aliphatic heterocycles. The Morgan fingerprint density at radius 3 is 2.67 bits per heavy atom. The van der Waals surface area contributed by atoms with Crippen LogP contribution >= 0.6 is 11.3 Å². The van der Waals surface area contributed by atoms with E-state index in [2.05, 4.69) is 4.98 Å². The molecule has 3 rings (SSSR count). The van der Waals surface area contributed by atoms with E-state index in [1.165, 1.54) is 16.2 Å². The second-order valence-electron chi connectivity index (χ2n) is 6.28. The molecule has 0 bridgehead atoms. The van der Waals surface area contributed by atoms with Crippen molar-refractivity contribution in [1.29, 1.82) is 0 Å². The summed E-state index contributed by atoms with van der Waals surface area (Å²) in [6.07, 6.45) is 0.637. The minimum absolute atomic E-state index is 0.0299. The number of para-hydroxylation sites is 1. The number of amides is 2. The molecule has 0 radical (unpaired) electrons. The zero-order valence-electron chi connectivity index (χ0n) is 14.1. The molecule has 2 heterocycles. The van der Waals surface area contributed by atoms with Crippen LogP contribution in [0.25, 0.3) is 0 Å². The Labute approximate surface area is 145 Å². The zero-order valence-corrected chi connectivity index (χ0v) is 14.9. The normalized spacial score (nSPS) is 17.6. The first-order valence-electron chi connectivity index (χ1n) is 8.08. The number of benzene rings is 1. The molecule has 2 aromatic rings. The Bertz CT molecular complexity index is 742. The maximum atomic E-state index is 12.7. The predicted molar refractivity (Wildman–Crippen MR) is 95.5 cm³/mol. The van der Waals surface area contributed by atoms with Gasteiger partial charge < -0.3 is 9.80 Å². The van der Waals surface area contributed by atoms with Gasteiger partial charge in [-0.3, -0.25) is 9.59 Å². The highest BCUT2D eigenvalue weighted by Crippen LogP contribution is 2.25. The van der Waals surface area contributed by atoms with Crippen molar-refractivity contribution < 1.29 is 9.59 Å². The number of nitrogens with zero attached hydrogens (tertiary/aromatic N) is 3. The Morgan fingerprint density at radius 2 is 2.04 bits per heavy atom. The van der Waals surface area contributed by atoms with Crippen LogP contribution in [0, 0.1) is 0 Å². The van der Waals surface area contributed by atoms with Crippen LogP contribution in [0.15, 0.2) is 35.7 Å². The van der Waals surface area contributed by atoms with Crippen molar-refractivity contribution in [3.63, 3.8) is 0 Å². The third kappa shape index (κ3) is 3.06. The molecule has 6 heteroatoms. The average Bonchev–Trinajstić information content (AvgIpc) is 3.21. The molecule has 5 nitrogen and oxygen atoms in total. The highest BCUT2D eigenvalue weighted by Gasteiger charge is 2.37. The van der Waals surface area contributed by atoms with Crippen molar-refractivity contribution in [1.82, 2.24) is 9.88 Å². The molecule has 0 saturated carbocycles. The van der Waals surface area contributed by atoms with Gasteiger partial charge in [0.25, 0.3) is 5.91 Å². The standard InChI is InChI=1S/C18H21N3O2S/c1-12(2)14-11-24-16(19-14)18(23)20(3)15-9-10-21(17(15)22)13-7-5-4-6-8-13/h4-8,11-12,15H,9-10H2,1-3H3. The van der Waals surface area contributed by atoms with Crippen LogP contribution in [0.3, 0.4) is 0 Å². The van der Waals surface area contributed by atoms with E-state index in [1.807, 2.05) is 49.6 Å². The summed E-state index contributed by atoms with van der Waals surface area (Å²) < 4.78 is 0. The minimum atomic E-state index is -0.427. The molecule has 0 aliphatic carbocycles. The van der Waals surface area contributed by atoms with Crippen molar-refractivity contribution in [3.05, 3.63) is 46.4 Å². The number of carbonyl (C=O) groups is 2. The fourth-order valence-electron chi connectivity index (χ4n) is 2.83. The minimum Gasteiger partial charge on any atom is -0.328 e.